The molecule has 1 aliphatic heterocycles. The molecule has 1 aromatic carbocycles. The lowest BCUT2D eigenvalue weighted by Crippen LogP contribution is -2.16. The van der Waals surface area contributed by atoms with E-state index >= 15 is 0 Å². The lowest BCUT2D eigenvalue weighted by molar-refractivity contribution is 0.171. The van der Waals surface area contributed by atoms with Gasteiger partial charge in [-0.05, 0) is 19.1 Å². The van der Waals surface area contributed by atoms with Gasteiger partial charge in [0.05, 0.1) is 6.54 Å². The van der Waals surface area contributed by atoms with E-state index < -0.39 is 0 Å². The highest BCUT2D eigenvalue weighted by molar-refractivity contribution is 5.58. The lowest BCUT2D eigenvalue weighted by Gasteiger charge is -2.20. The number of benzene rings is 1. The molecule has 94 valence electrons. The van der Waals surface area contributed by atoms with Crippen molar-refractivity contribution in [1.82, 2.24) is 9.78 Å². The van der Waals surface area contributed by atoms with Gasteiger partial charge in [-0.25, -0.2) is 0 Å². The van der Waals surface area contributed by atoms with Crippen LogP contribution in [0.5, 0.6) is 11.5 Å². The molecule has 0 fully saturated rings. The third kappa shape index (κ3) is 1.88. The van der Waals surface area contributed by atoms with Gasteiger partial charge >= 0.3 is 0 Å². The van der Waals surface area contributed by atoms with Crippen LogP contribution < -0.4 is 15.2 Å². The number of hydrogen-bond acceptors (Lipinski definition) is 4. The molecule has 0 saturated heterocycles. The van der Waals surface area contributed by atoms with Gasteiger partial charge < -0.3 is 15.2 Å². The number of nitrogens with two attached hydrogens (primary N) is 1. The quantitative estimate of drug-likeness (QED) is 0.816. The van der Waals surface area contributed by atoms with Crippen LogP contribution in [-0.2, 0) is 6.54 Å². The summed E-state index contributed by atoms with van der Waals surface area (Å²) >= 11 is 0. The number of aryl methyl sites for hydroxylation is 1. The number of fused-ring (bicyclic) bond motifs is 1. The van der Waals surface area contributed by atoms with Crippen LogP contribution in [0, 0.1) is 6.92 Å². The largest absolute Gasteiger partial charge is 0.486 e. The first-order valence-corrected chi connectivity index (χ1v) is 5.90. The topological polar surface area (TPSA) is 62.3 Å². The first-order chi connectivity index (χ1) is 8.74. The number of anilines is 1. The van der Waals surface area contributed by atoms with E-state index in [1.807, 2.05) is 29.8 Å². The fraction of sp³-hybridized carbons (Fsp3) is 0.308. The Kier molecular flexibility index (Phi) is 2.59. The van der Waals surface area contributed by atoms with Crippen LogP contribution in [0.2, 0.25) is 0 Å². The van der Waals surface area contributed by atoms with Gasteiger partial charge in [0.2, 0.25) is 0 Å². The van der Waals surface area contributed by atoms with Crippen molar-refractivity contribution >= 4 is 5.69 Å². The normalized spacial score (nSPS) is 13.6. The van der Waals surface area contributed by atoms with Gasteiger partial charge in [0.1, 0.15) is 13.2 Å². The number of aromatic nitrogens is 2. The molecule has 0 amide bonds. The van der Waals surface area contributed by atoms with Crippen LogP contribution in [-0.4, -0.2) is 23.0 Å². The van der Waals surface area contributed by atoms with Gasteiger partial charge in [0.25, 0.3) is 0 Å². The Balaban J connectivity index is 1.95. The molecule has 1 aliphatic rings. The zero-order valence-electron chi connectivity index (χ0n) is 10.2. The summed E-state index contributed by atoms with van der Waals surface area (Å²) in [5.41, 5.74) is 8.83. The van der Waals surface area contributed by atoms with Crippen LogP contribution in [0.25, 0.3) is 0 Å². The highest BCUT2D eigenvalue weighted by Crippen LogP contribution is 2.34. The van der Waals surface area contributed by atoms with Gasteiger partial charge in [-0.1, -0.05) is 0 Å². The second-order valence-corrected chi connectivity index (χ2v) is 4.32. The van der Waals surface area contributed by atoms with Gasteiger partial charge in [0, 0.05) is 29.2 Å². The van der Waals surface area contributed by atoms with Gasteiger partial charge in [-0.2, -0.15) is 5.10 Å². The fourth-order valence-corrected chi connectivity index (χ4v) is 2.01. The van der Waals surface area contributed by atoms with Crippen LogP contribution >= 0.6 is 0 Å². The summed E-state index contributed by atoms with van der Waals surface area (Å²) in [6.45, 7) is 3.81. The number of hydrogen-bond donors (Lipinski definition) is 1. The molecule has 0 saturated carbocycles. The third-order valence-electron chi connectivity index (χ3n) is 3.05. The van der Waals surface area contributed by atoms with E-state index in [4.69, 9.17) is 15.2 Å². The summed E-state index contributed by atoms with van der Waals surface area (Å²) in [7, 11) is 0. The summed E-state index contributed by atoms with van der Waals surface area (Å²) in [5, 5.41) is 4.25. The highest BCUT2D eigenvalue weighted by Gasteiger charge is 2.15. The zero-order valence-corrected chi connectivity index (χ0v) is 10.2. The first kappa shape index (κ1) is 11.0. The standard InChI is InChI=1S/C13H15N3O2/c1-9-2-3-15-16(9)8-10-6-12-13(7-11(10)14)18-5-4-17-12/h2-3,6-7H,4-5,8,14H2,1H3. The molecule has 0 unspecified atom stereocenters. The monoisotopic (exact) mass is 245 g/mol. The van der Waals surface area contributed by atoms with E-state index in [0.717, 1.165) is 22.8 Å². The summed E-state index contributed by atoms with van der Waals surface area (Å²) in [4.78, 5) is 0. The average molecular weight is 245 g/mol. The second-order valence-electron chi connectivity index (χ2n) is 4.32. The van der Waals surface area contributed by atoms with Gasteiger partial charge in [-0.3, -0.25) is 4.68 Å². The molecule has 18 heavy (non-hydrogen) atoms. The van der Waals surface area contributed by atoms with Crippen molar-refractivity contribution < 1.29 is 9.47 Å². The number of nitrogen functional groups attached to an aromatic ring is 1. The second kappa shape index (κ2) is 4.25. The molecular weight excluding hydrogens is 230 g/mol. The molecule has 0 radical (unpaired) electrons. The fourth-order valence-electron chi connectivity index (χ4n) is 2.01. The van der Waals surface area contributed by atoms with Crippen molar-refractivity contribution in [2.45, 2.75) is 13.5 Å². The zero-order chi connectivity index (χ0) is 12.5. The van der Waals surface area contributed by atoms with Crippen molar-refractivity contribution in [1.29, 1.82) is 0 Å². The first-order valence-electron chi connectivity index (χ1n) is 5.90. The number of rotatable bonds is 2. The molecule has 2 N–H and O–H groups in total. The van der Waals surface area contributed by atoms with E-state index in [1.54, 1.807) is 6.20 Å². The third-order valence-corrected chi connectivity index (χ3v) is 3.05. The van der Waals surface area contributed by atoms with Crippen LogP contribution in [0.15, 0.2) is 24.4 Å². The molecule has 0 aliphatic carbocycles. The van der Waals surface area contributed by atoms with E-state index in [2.05, 4.69) is 5.10 Å². The maximum atomic E-state index is 6.03. The molecule has 2 heterocycles. The predicted molar refractivity (Wildman–Crippen MR) is 67.9 cm³/mol. The van der Waals surface area contributed by atoms with Gasteiger partial charge in [0.15, 0.2) is 11.5 Å². The van der Waals surface area contributed by atoms with Crippen LogP contribution in [0.3, 0.4) is 0 Å². The smallest absolute Gasteiger partial charge is 0.163 e. The lowest BCUT2D eigenvalue weighted by atomic mass is 10.1. The van der Waals surface area contributed by atoms with Gasteiger partial charge in [-0.15, -0.1) is 0 Å². The molecule has 0 spiro atoms. The predicted octanol–water partition coefficient (Wildman–Crippen LogP) is 1.59. The SMILES string of the molecule is Cc1ccnn1Cc1cc2c(cc1N)OCCO2. The molecule has 5 nitrogen and oxygen atoms in total. The molecule has 3 rings (SSSR count). The number of nitrogens with zero attached hydrogens (tertiary/aromatic N) is 2. The Morgan fingerprint density at radius 3 is 2.67 bits per heavy atom. The summed E-state index contributed by atoms with van der Waals surface area (Å²) < 4.78 is 13.0. The Bertz CT molecular complexity index is 578. The highest BCUT2D eigenvalue weighted by atomic mass is 16.6. The Morgan fingerprint density at radius 2 is 2.00 bits per heavy atom. The minimum Gasteiger partial charge on any atom is -0.486 e. The van der Waals surface area contributed by atoms with Crippen molar-refractivity contribution in [3.05, 3.63) is 35.7 Å². The maximum absolute atomic E-state index is 6.03. The van der Waals surface area contributed by atoms with Crippen molar-refractivity contribution in [2.24, 2.45) is 0 Å². The average Bonchev–Trinajstić information content (AvgIpc) is 2.76. The molecule has 2 aromatic rings. The minimum atomic E-state index is 0.573. The molecule has 0 bridgehead atoms. The maximum Gasteiger partial charge on any atom is 0.163 e. The minimum absolute atomic E-state index is 0.573. The summed E-state index contributed by atoms with van der Waals surface area (Å²) in [5.74, 6) is 1.48. The molecule has 5 heteroatoms. The summed E-state index contributed by atoms with van der Waals surface area (Å²) in [6, 6.07) is 5.72. The Hall–Kier alpha value is -2.17. The van der Waals surface area contributed by atoms with Crippen molar-refractivity contribution in [3.63, 3.8) is 0 Å². The van der Waals surface area contributed by atoms with Crippen molar-refractivity contribution in [2.75, 3.05) is 18.9 Å². The van der Waals surface area contributed by atoms with E-state index in [1.165, 1.54) is 0 Å². The molecular formula is C13H15N3O2. The number of ether oxygens (including phenoxy) is 2. The van der Waals surface area contributed by atoms with Crippen molar-refractivity contribution in [3.8, 4) is 11.5 Å². The molecule has 0 atom stereocenters. The van der Waals surface area contributed by atoms with E-state index in [0.29, 0.717) is 25.4 Å². The Labute approximate surface area is 105 Å². The Morgan fingerprint density at radius 1 is 1.28 bits per heavy atom. The summed E-state index contributed by atoms with van der Waals surface area (Å²) in [6.07, 6.45) is 1.78. The van der Waals surface area contributed by atoms with Crippen LogP contribution in [0.4, 0.5) is 5.69 Å². The van der Waals surface area contributed by atoms with E-state index in [-0.39, 0.29) is 0 Å². The van der Waals surface area contributed by atoms with Crippen LogP contribution in [0.1, 0.15) is 11.3 Å². The van der Waals surface area contributed by atoms with E-state index in [9.17, 15) is 0 Å². The molecule has 1 aromatic heterocycles.